The number of para-hydroxylation sites is 1. The number of primary amides is 1. The zero-order valence-corrected chi connectivity index (χ0v) is 49.4. The van der Waals surface area contributed by atoms with Crippen molar-refractivity contribution < 1.29 is 59.0 Å². The molecular formula is C60H84N12O14. The summed E-state index contributed by atoms with van der Waals surface area (Å²) in [5, 5.41) is 63.8. The van der Waals surface area contributed by atoms with Crippen molar-refractivity contribution in [1.29, 1.82) is 0 Å². The third-order valence-corrected chi connectivity index (χ3v) is 16.5. The molecule has 0 spiro atoms. The van der Waals surface area contributed by atoms with Gasteiger partial charge in [-0.3, -0.25) is 48.1 Å². The van der Waals surface area contributed by atoms with Crippen LogP contribution in [0.4, 0.5) is 0 Å². The average Bonchev–Trinajstić information content (AvgIpc) is 4.17. The molecule has 1 unspecified atom stereocenters. The largest absolute Gasteiger partial charge is 0.458 e. The van der Waals surface area contributed by atoms with Crippen LogP contribution in [-0.4, -0.2) is 185 Å². The number of aliphatic hydroxyl groups is 5. The lowest BCUT2D eigenvalue weighted by Crippen LogP contribution is -2.62. The van der Waals surface area contributed by atoms with Crippen LogP contribution in [0.15, 0.2) is 87.6 Å². The van der Waals surface area contributed by atoms with Crippen molar-refractivity contribution in [2.75, 3.05) is 32.8 Å². The van der Waals surface area contributed by atoms with Gasteiger partial charge in [0.15, 0.2) is 0 Å². The van der Waals surface area contributed by atoms with Crippen LogP contribution in [0, 0.1) is 18.8 Å². The first kappa shape index (κ1) is 66.4. The maximum Gasteiger partial charge on any atom is 0.330 e. The van der Waals surface area contributed by atoms with Crippen molar-refractivity contribution >= 4 is 40.5 Å². The number of likely N-dealkylation sites (tertiary alicyclic amines) is 1. The molecule has 4 aromatic rings. The summed E-state index contributed by atoms with van der Waals surface area (Å²) >= 11 is 0. The number of nitrogens with one attached hydrogen (secondary N) is 4. The lowest BCUT2D eigenvalue weighted by atomic mass is 9.72. The topological polar surface area (TPSA) is 390 Å². The van der Waals surface area contributed by atoms with Gasteiger partial charge in [0, 0.05) is 66.6 Å². The first-order valence-electron chi connectivity index (χ1n) is 29.6. The Morgan fingerprint density at radius 1 is 0.942 bits per heavy atom. The standard InChI is InChI=1S/C38H50N6O5.C12H21NO5.C10H13N5O4/c1-38(2,3)43-37(49)32-20-26-14-7-8-15-27(26)22-44(32)23-33(45)30(19-24-11-5-4-6-12-24)41-36(48)31(21-34(39)46)42-35(47)29-18-17-25-13-9-10-16-28(25)40-29;1-2-3-9(15)18-8-6-13-5-4-7(14)10(13)12(17)11(8)16;1-5-3-15(10(18)12-9(5)17)8-2-6(13-14-11)7(4-16)19-8/h4-6,9-13,16-18,26-27,30-33,45H,7-8,14-15,19-23H2,1-3H3,(H2,39,46)(H,41,48)(H,42,47)(H,43,49);7-8,10-12,14,16-17H,2-6H2,1H3;3,6-8,16H,2,4H2,1H3,(H,12,17,18)/t26-,27+,30-,31?,32-,33+;7-,8-,10+,11+,12+;6-,7+,8+/m000/s1. The van der Waals surface area contributed by atoms with Crippen molar-refractivity contribution in [3.63, 3.8) is 0 Å². The van der Waals surface area contributed by atoms with Gasteiger partial charge in [0.25, 0.3) is 11.5 Å². The van der Waals surface area contributed by atoms with Crippen LogP contribution >= 0.6 is 0 Å². The zero-order valence-electron chi connectivity index (χ0n) is 49.4. The third-order valence-electron chi connectivity index (χ3n) is 16.5. The van der Waals surface area contributed by atoms with Gasteiger partial charge in [0.1, 0.15) is 36.3 Å². The number of rotatable bonds is 18. The van der Waals surface area contributed by atoms with E-state index < -0.39 is 114 Å². The highest BCUT2D eigenvalue weighted by molar-refractivity contribution is 5.99. The minimum atomic E-state index is -1.30. The predicted molar refractivity (Wildman–Crippen MR) is 316 cm³/mol. The first-order chi connectivity index (χ1) is 41.0. The van der Waals surface area contributed by atoms with Crippen LogP contribution in [0.2, 0.25) is 0 Å². The van der Waals surface area contributed by atoms with Gasteiger partial charge in [-0.1, -0.05) is 85.9 Å². The van der Waals surface area contributed by atoms with E-state index in [-0.39, 0.29) is 43.6 Å². The van der Waals surface area contributed by atoms with Crippen LogP contribution in [0.25, 0.3) is 21.3 Å². The molecule has 4 amide bonds. The van der Waals surface area contributed by atoms with Crippen molar-refractivity contribution in [2.45, 2.75) is 184 Å². The summed E-state index contributed by atoms with van der Waals surface area (Å²) in [6, 6.07) is 16.7. The quantitative estimate of drug-likeness (QED) is 0.0294. The minimum absolute atomic E-state index is 0.0566. The first-order valence-corrected chi connectivity index (χ1v) is 29.6. The molecule has 14 atom stereocenters. The number of ether oxygens (including phenoxy) is 2. The number of piperidine rings is 2. The van der Waals surface area contributed by atoms with Crippen molar-refractivity contribution in [2.24, 2.45) is 22.7 Å². The number of amides is 4. The van der Waals surface area contributed by atoms with Crippen molar-refractivity contribution in [3.8, 4) is 0 Å². The Kier molecular flexibility index (Phi) is 23.5. The molecule has 5 aliphatic rings. The van der Waals surface area contributed by atoms with Crippen LogP contribution in [0.5, 0.6) is 0 Å². The Morgan fingerprint density at radius 2 is 1.65 bits per heavy atom. The normalized spacial score (nSPS) is 26.5. The predicted octanol–water partition coefficient (Wildman–Crippen LogP) is 1.77. The lowest BCUT2D eigenvalue weighted by Gasteiger charge is -2.47. The highest BCUT2D eigenvalue weighted by Crippen LogP contribution is 2.39. The summed E-state index contributed by atoms with van der Waals surface area (Å²) in [5.41, 5.74) is 14.5. The average molecular weight is 1200 g/mol. The van der Waals surface area contributed by atoms with E-state index in [0.29, 0.717) is 61.8 Å². The maximum absolute atomic E-state index is 13.8. The molecule has 468 valence electrons. The minimum Gasteiger partial charge on any atom is -0.458 e. The van der Waals surface area contributed by atoms with Gasteiger partial charge in [-0.15, -0.1) is 0 Å². The number of aromatic amines is 1. The number of H-pyrrole nitrogens is 1. The number of benzene rings is 2. The van der Waals surface area contributed by atoms with E-state index in [0.717, 1.165) is 36.6 Å². The fourth-order valence-corrected chi connectivity index (χ4v) is 12.1. The van der Waals surface area contributed by atoms with Gasteiger partial charge in [-0.25, -0.2) is 9.78 Å². The third kappa shape index (κ3) is 17.8. The van der Waals surface area contributed by atoms with E-state index in [1.54, 1.807) is 25.1 Å². The summed E-state index contributed by atoms with van der Waals surface area (Å²) in [6.07, 6.45) is 2.40. The molecule has 0 bridgehead atoms. The molecule has 26 nitrogen and oxygen atoms in total. The SMILES string of the molecule is CC(C)(C)NC(=O)[C@@H]1C[C@@H]2CCCC[C@@H]2CN1C[C@@H](O)[C@H](Cc1ccccc1)NC(=O)C(CC(N)=O)NC(=O)c1ccc2ccccc2n1.CCCC(=O)O[C@H]1CN2CC[C@H](O)[C@@H]2[C@@H](O)[C@@H]1O.Cc1cn([C@H]2C[C@H](N=[N+]=[N-])[C@@H](CO)O2)c(=O)[nH]c1=O. The second-order valence-electron chi connectivity index (χ2n) is 24.1. The monoisotopic (exact) mass is 1200 g/mol. The number of aryl methyl sites for hydroxylation is 1. The Labute approximate surface area is 498 Å². The molecule has 5 fully saturated rings. The Balaban J connectivity index is 0.000000231. The molecule has 2 aromatic heterocycles. The highest BCUT2D eigenvalue weighted by Gasteiger charge is 2.49. The van der Waals surface area contributed by atoms with E-state index in [9.17, 15) is 54.0 Å². The summed E-state index contributed by atoms with van der Waals surface area (Å²) in [6.45, 7) is 10.9. The van der Waals surface area contributed by atoms with Gasteiger partial charge in [-0.05, 0) is 94.9 Å². The Morgan fingerprint density at radius 3 is 2.34 bits per heavy atom. The lowest BCUT2D eigenvalue weighted by molar-refractivity contribution is -0.179. The van der Waals surface area contributed by atoms with E-state index in [4.69, 9.17) is 25.8 Å². The molecule has 4 aliphatic heterocycles. The number of fused-ring (bicyclic) bond motifs is 3. The molecule has 6 heterocycles. The van der Waals surface area contributed by atoms with E-state index in [1.165, 1.54) is 17.2 Å². The number of azide groups is 1. The van der Waals surface area contributed by atoms with Gasteiger partial charge < -0.3 is 56.7 Å². The Hall–Kier alpha value is -7.13. The molecule has 1 aliphatic carbocycles. The van der Waals surface area contributed by atoms with Crippen LogP contribution in [0.1, 0.15) is 120 Å². The summed E-state index contributed by atoms with van der Waals surface area (Å²) in [4.78, 5) is 100. The number of nitrogens with zero attached hydrogens (tertiary/aromatic N) is 7. The number of hydrogen-bond donors (Lipinski definition) is 10. The van der Waals surface area contributed by atoms with Gasteiger partial charge in [0.05, 0.1) is 61.0 Å². The van der Waals surface area contributed by atoms with Crippen LogP contribution in [0.3, 0.4) is 0 Å². The zero-order chi connectivity index (χ0) is 62.4. The van der Waals surface area contributed by atoms with Crippen LogP contribution in [-0.2, 0) is 35.1 Å². The summed E-state index contributed by atoms with van der Waals surface area (Å²) < 4.78 is 11.9. The number of aliphatic hydroxyl groups excluding tert-OH is 5. The molecule has 4 saturated heterocycles. The van der Waals surface area contributed by atoms with Crippen LogP contribution < -0.4 is 32.9 Å². The number of aromatic nitrogens is 3. The van der Waals surface area contributed by atoms with E-state index in [2.05, 4.69) is 40.8 Å². The number of nitrogens with two attached hydrogens (primary N) is 1. The second-order valence-corrected chi connectivity index (χ2v) is 24.1. The second kappa shape index (κ2) is 30.5. The number of carbonyl (C=O) groups excluding carboxylic acids is 5. The number of hydrogen-bond acceptors (Lipinski definition) is 18. The number of β-amino-alcohol motifs (C(OH)–C–C–N with tert-alkyl or cyclic N) is 1. The van der Waals surface area contributed by atoms with E-state index in [1.807, 2.05) is 81.1 Å². The van der Waals surface area contributed by atoms with Gasteiger partial charge in [0.2, 0.25) is 17.7 Å². The van der Waals surface area contributed by atoms with E-state index >= 15 is 0 Å². The fourth-order valence-electron chi connectivity index (χ4n) is 12.1. The highest BCUT2D eigenvalue weighted by atomic mass is 16.6. The molecule has 26 heteroatoms. The maximum atomic E-state index is 13.8. The smallest absolute Gasteiger partial charge is 0.330 e. The molecule has 9 rings (SSSR count). The van der Waals surface area contributed by atoms with Gasteiger partial charge >= 0.3 is 11.7 Å². The Bertz CT molecular complexity index is 3140. The van der Waals surface area contributed by atoms with Crippen molar-refractivity contribution in [1.82, 2.24) is 40.3 Å². The number of esters is 1. The molecule has 2 aromatic carbocycles. The molecule has 1 saturated carbocycles. The summed E-state index contributed by atoms with van der Waals surface area (Å²) in [5.74, 6) is -1.55. The molecule has 0 radical (unpaired) electrons. The summed E-state index contributed by atoms with van der Waals surface area (Å²) in [7, 11) is 0. The number of carbonyl (C=O) groups is 5. The van der Waals surface area contributed by atoms with Gasteiger partial charge in [-0.2, -0.15) is 0 Å². The fraction of sp³-hybridized carbons (Fsp3) is 0.600. The number of pyridine rings is 1. The van der Waals surface area contributed by atoms with Crippen molar-refractivity contribution in [3.05, 3.63) is 121 Å². The molecular weight excluding hydrogens is 1110 g/mol. The molecule has 11 N–H and O–H groups in total. The molecule has 86 heavy (non-hydrogen) atoms.